The number of methoxy groups -OCH3 is 1. The highest BCUT2D eigenvalue weighted by Crippen LogP contribution is 2.50. The molecule has 5 heteroatoms. The highest BCUT2D eigenvalue weighted by atomic mass is 79.9. The maximum absolute atomic E-state index is 12.8. The third-order valence-corrected chi connectivity index (χ3v) is 6.57. The average Bonchev–Trinajstić information content (AvgIpc) is 2.69. The zero-order chi connectivity index (χ0) is 17.9. The summed E-state index contributed by atoms with van der Waals surface area (Å²) in [6.07, 6.45) is 2.32. The monoisotopic (exact) mass is 420 g/mol. The van der Waals surface area contributed by atoms with E-state index in [0.717, 1.165) is 23.7 Å². The first-order chi connectivity index (χ1) is 12.1. The molecule has 0 radical (unpaired) electrons. The van der Waals surface area contributed by atoms with E-state index in [1.807, 2.05) is 48.5 Å². The van der Waals surface area contributed by atoms with Crippen molar-refractivity contribution in [2.24, 2.45) is 0 Å². The Hall–Kier alpha value is -1.14. The first kappa shape index (κ1) is 18.6. The van der Waals surface area contributed by atoms with Crippen molar-refractivity contribution in [2.75, 3.05) is 13.4 Å². The van der Waals surface area contributed by atoms with Gasteiger partial charge in [-0.15, -0.1) is 0 Å². The molecular formula is C20H21BrO3S. The van der Waals surface area contributed by atoms with Crippen molar-refractivity contribution >= 4 is 32.8 Å². The minimum atomic E-state index is -1.32. The largest absolute Gasteiger partial charge is 0.345 e. The summed E-state index contributed by atoms with van der Waals surface area (Å²) in [5.74, 6) is -1.23. The summed E-state index contributed by atoms with van der Waals surface area (Å²) >= 11 is 4.87. The lowest BCUT2D eigenvalue weighted by molar-refractivity contribution is -0.249. The number of hydrogen-bond acceptors (Lipinski definition) is 4. The summed E-state index contributed by atoms with van der Waals surface area (Å²) < 4.78 is 12.0. The SMILES string of the molecule is CO[C@@]1(C(=O)SC)O[C@H](c2ccccc2)C[C@H](c2ccccc2)[C@@H]1Br. The van der Waals surface area contributed by atoms with E-state index in [4.69, 9.17) is 9.47 Å². The predicted octanol–water partition coefficient (Wildman–Crippen LogP) is 4.93. The Morgan fingerprint density at radius 2 is 1.68 bits per heavy atom. The van der Waals surface area contributed by atoms with Gasteiger partial charge in [0.1, 0.15) is 0 Å². The van der Waals surface area contributed by atoms with Crippen molar-refractivity contribution in [3.05, 3.63) is 71.8 Å². The fourth-order valence-electron chi connectivity index (χ4n) is 3.36. The van der Waals surface area contributed by atoms with Crippen LogP contribution in [0.3, 0.4) is 0 Å². The molecule has 1 aliphatic heterocycles. The van der Waals surface area contributed by atoms with Crippen LogP contribution in [0.4, 0.5) is 0 Å². The second kappa shape index (κ2) is 8.04. The summed E-state index contributed by atoms with van der Waals surface area (Å²) in [6, 6.07) is 20.2. The third-order valence-electron chi connectivity index (χ3n) is 4.67. The molecule has 0 amide bonds. The fraction of sp³-hybridized carbons (Fsp3) is 0.350. The van der Waals surface area contributed by atoms with E-state index < -0.39 is 5.79 Å². The molecule has 1 saturated heterocycles. The summed E-state index contributed by atoms with van der Waals surface area (Å²) in [5.41, 5.74) is 2.22. The lowest BCUT2D eigenvalue weighted by Crippen LogP contribution is -2.55. The van der Waals surface area contributed by atoms with Crippen LogP contribution >= 0.6 is 27.7 Å². The standard InChI is InChI=1S/C20H21BrO3S/c1-23-20(19(22)25-2)18(21)16(14-9-5-3-6-10-14)13-17(24-20)15-11-7-4-8-12-15/h3-12,16-18H,13H2,1-2H3/t16-,17+,18+,20-/m1/s1. The molecule has 0 aromatic heterocycles. The van der Waals surface area contributed by atoms with Gasteiger partial charge in [-0.3, -0.25) is 4.79 Å². The number of thioether (sulfide) groups is 1. The van der Waals surface area contributed by atoms with E-state index in [2.05, 4.69) is 28.1 Å². The van der Waals surface area contributed by atoms with Gasteiger partial charge in [-0.2, -0.15) is 0 Å². The highest BCUT2D eigenvalue weighted by Gasteiger charge is 2.55. The zero-order valence-electron chi connectivity index (χ0n) is 14.2. The second-order valence-corrected chi connectivity index (χ2v) is 7.80. The topological polar surface area (TPSA) is 35.5 Å². The molecule has 3 rings (SSSR count). The lowest BCUT2D eigenvalue weighted by atomic mass is 9.82. The van der Waals surface area contributed by atoms with Crippen molar-refractivity contribution < 1.29 is 14.3 Å². The summed E-state index contributed by atoms with van der Waals surface area (Å²) in [7, 11) is 1.54. The van der Waals surface area contributed by atoms with Gasteiger partial charge in [0, 0.05) is 13.0 Å². The van der Waals surface area contributed by atoms with Gasteiger partial charge in [0.05, 0.1) is 10.9 Å². The minimum absolute atomic E-state index is 0.0937. The predicted molar refractivity (Wildman–Crippen MR) is 105 cm³/mol. The van der Waals surface area contributed by atoms with Gasteiger partial charge < -0.3 is 9.47 Å². The maximum Gasteiger partial charge on any atom is 0.253 e. The van der Waals surface area contributed by atoms with Gasteiger partial charge in [-0.05, 0) is 23.8 Å². The normalized spacial score (nSPS) is 29.3. The second-order valence-electron chi connectivity index (χ2n) is 6.04. The molecule has 25 heavy (non-hydrogen) atoms. The van der Waals surface area contributed by atoms with E-state index in [1.54, 1.807) is 6.26 Å². The molecule has 2 aromatic rings. The van der Waals surface area contributed by atoms with Crippen LogP contribution in [0.2, 0.25) is 0 Å². The molecular weight excluding hydrogens is 400 g/mol. The Kier molecular flexibility index (Phi) is 6.00. The summed E-state index contributed by atoms with van der Waals surface area (Å²) in [6.45, 7) is 0. The number of rotatable bonds is 4. The van der Waals surface area contributed by atoms with Gasteiger partial charge in [0.2, 0.25) is 5.12 Å². The number of carbonyl (C=O) groups is 1. The number of alkyl halides is 1. The van der Waals surface area contributed by atoms with Crippen LogP contribution in [-0.4, -0.2) is 29.1 Å². The maximum atomic E-state index is 12.8. The van der Waals surface area contributed by atoms with Crippen LogP contribution < -0.4 is 0 Å². The van der Waals surface area contributed by atoms with Gasteiger partial charge in [0.25, 0.3) is 5.79 Å². The number of hydrogen-bond donors (Lipinski definition) is 0. The Morgan fingerprint density at radius 1 is 1.12 bits per heavy atom. The van der Waals surface area contributed by atoms with E-state index in [9.17, 15) is 4.79 Å². The molecule has 1 fully saturated rings. The van der Waals surface area contributed by atoms with Crippen LogP contribution in [0.15, 0.2) is 60.7 Å². The van der Waals surface area contributed by atoms with Crippen molar-refractivity contribution in [3.8, 4) is 0 Å². The van der Waals surface area contributed by atoms with E-state index in [1.165, 1.54) is 12.7 Å². The van der Waals surface area contributed by atoms with Crippen molar-refractivity contribution in [3.63, 3.8) is 0 Å². The number of ether oxygens (including phenoxy) is 2. The van der Waals surface area contributed by atoms with Crippen LogP contribution in [0, 0.1) is 0 Å². The Bertz CT molecular complexity index is 709. The van der Waals surface area contributed by atoms with Crippen LogP contribution in [0.25, 0.3) is 0 Å². The van der Waals surface area contributed by atoms with E-state index in [0.29, 0.717) is 0 Å². The van der Waals surface area contributed by atoms with Crippen molar-refractivity contribution in [1.29, 1.82) is 0 Å². The molecule has 0 spiro atoms. The third kappa shape index (κ3) is 3.56. The zero-order valence-corrected chi connectivity index (χ0v) is 16.6. The van der Waals surface area contributed by atoms with Crippen molar-refractivity contribution in [1.82, 2.24) is 0 Å². The van der Waals surface area contributed by atoms with Crippen LogP contribution in [0.1, 0.15) is 29.6 Å². The van der Waals surface area contributed by atoms with Gasteiger partial charge >= 0.3 is 0 Å². The van der Waals surface area contributed by atoms with E-state index >= 15 is 0 Å². The van der Waals surface area contributed by atoms with Gasteiger partial charge in [0.15, 0.2) is 0 Å². The van der Waals surface area contributed by atoms with Gasteiger partial charge in [-0.1, -0.05) is 88.4 Å². The Labute approximate surface area is 161 Å². The molecule has 0 saturated carbocycles. The quantitative estimate of drug-likeness (QED) is 0.656. The molecule has 0 aliphatic carbocycles. The van der Waals surface area contributed by atoms with E-state index in [-0.39, 0.29) is 22.0 Å². The minimum Gasteiger partial charge on any atom is -0.345 e. The van der Waals surface area contributed by atoms with Crippen LogP contribution in [0.5, 0.6) is 0 Å². The Morgan fingerprint density at radius 3 is 2.20 bits per heavy atom. The number of carbonyl (C=O) groups excluding carboxylic acids is 1. The van der Waals surface area contributed by atoms with Gasteiger partial charge in [-0.25, -0.2) is 0 Å². The highest BCUT2D eigenvalue weighted by molar-refractivity contribution is 9.09. The number of benzene rings is 2. The molecule has 0 bridgehead atoms. The lowest BCUT2D eigenvalue weighted by Gasteiger charge is -2.46. The molecule has 132 valence electrons. The average molecular weight is 421 g/mol. The first-order valence-corrected chi connectivity index (χ1v) is 10.3. The number of halogens is 1. The van der Waals surface area contributed by atoms with Crippen LogP contribution in [-0.2, 0) is 14.3 Å². The molecule has 3 nitrogen and oxygen atoms in total. The molecule has 4 atom stereocenters. The Balaban J connectivity index is 2.05. The molecule has 2 aromatic carbocycles. The first-order valence-electron chi connectivity index (χ1n) is 8.17. The smallest absolute Gasteiger partial charge is 0.253 e. The molecule has 1 heterocycles. The van der Waals surface area contributed by atoms with Crippen molar-refractivity contribution in [2.45, 2.75) is 29.1 Å². The summed E-state index contributed by atoms with van der Waals surface area (Å²) in [4.78, 5) is 12.5. The molecule has 0 unspecified atom stereocenters. The summed E-state index contributed by atoms with van der Waals surface area (Å²) in [5, 5.41) is -0.126. The molecule has 1 aliphatic rings. The fourth-order valence-corrected chi connectivity index (χ4v) is 5.08. The molecule has 0 N–H and O–H groups in total.